The largest absolute Gasteiger partial charge is 1.00 e. The SMILES string of the molecule is Nc1ccc(N=Nc2ccc3cc(S(=O)(=O)O)c(N=Nc4ccc(Nc5ccc(N=Nc6c(S(=O)(=O)[O-])cc7cc(S(=O)(=O)[O-])c(N=Nc8ccc(N)cc8N)cc7c6O)cc5S(=O)(=O)O)cc4)c(O)c3c2)c(N)c1.[Na+].[Na+]. The molecule has 0 aromatic heterocycles. The fourth-order valence-electron chi connectivity index (χ4n) is 7.03. The Morgan fingerprint density at radius 2 is 0.857 bits per heavy atom. The number of hydrogen-bond acceptors (Lipinski definition) is 25. The van der Waals surface area contributed by atoms with E-state index >= 15 is 0 Å². The van der Waals surface area contributed by atoms with Gasteiger partial charge in [-0.1, -0.05) is 6.07 Å². The van der Waals surface area contributed by atoms with E-state index in [1.165, 1.54) is 66.7 Å². The van der Waals surface area contributed by atoms with Crippen molar-refractivity contribution >= 4 is 142 Å². The average Bonchev–Trinajstić information content (AvgIpc) is 3.32. The predicted molar refractivity (Wildman–Crippen MR) is 270 cm³/mol. The first kappa shape index (κ1) is 59.2. The molecular weight excluding hydrogens is 1110 g/mol. The summed E-state index contributed by atoms with van der Waals surface area (Å²) in [4.78, 5) is -3.87. The number of nitrogen functional groups attached to an aromatic ring is 4. The summed E-state index contributed by atoms with van der Waals surface area (Å²) in [7, 11) is -21.0. The predicted octanol–water partition coefficient (Wildman–Crippen LogP) is 3.45. The maximum Gasteiger partial charge on any atom is 1.00 e. The van der Waals surface area contributed by atoms with E-state index in [-0.39, 0.29) is 115 Å². The number of phenolic OH excluding ortho intramolecular Hbond substituents is 2. The summed E-state index contributed by atoms with van der Waals surface area (Å²) in [6.07, 6.45) is 0. The Morgan fingerprint density at radius 1 is 0.416 bits per heavy atom. The number of phenols is 2. The third kappa shape index (κ3) is 13.6. The molecule has 8 rings (SSSR count). The van der Waals surface area contributed by atoms with Crippen LogP contribution in [0.1, 0.15) is 0 Å². The summed E-state index contributed by atoms with van der Waals surface area (Å²) in [5.74, 6) is -1.77. The Morgan fingerprint density at radius 3 is 1.40 bits per heavy atom. The number of aromatic hydroxyl groups is 2. The number of anilines is 6. The van der Waals surface area contributed by atoms with Crippen LogP contribution in [0.25, 0.3) is 21.5 Å². The van der Waals surface area contributed by atoms with Crippen LogP contribution in [0.4, 0.5) is 79.6 Å². The fourth-order valence-corrected chi connectivity index (χ4v) is 9.63. The van der Waals surface area contributed by atoms with Crippen molar-refractivity contribution in [3.8, 4) is 11.5 Å². The van der Waals surface area contributed by atoms with Crippen molar-refractivity contribution in [3.05, 3.63) is 121 Å². The van der Waals surface area contributed by atoms with Crippen LogP contribution in [-0.2, 0) is 40.5 Å². The van der Waals surface area contributed by atoms with E-state index in [9.17, 15) is 62.1 Å². The van der Waals surface area contributed by atoms with Gasteiger partial charge in [0.2, 0.25) is 0 Å². The van der Waals surface area contributed by atoms with Crippen LogP contribution in [-0.4, -0.2) is 62.1 Å². The summed E-state index contributed by atoms with van der Waals surface area (Å²) < 4.78 is 145. The molecule has 0 saturated carbocycles. The monoisotopic (exact) mass is 1140 g/mol. The molecule has 77 heavy (non-hydrogen) atoms. The molecule has 0 atom stereocenters. The molecule has 8 aromatic rings. The molecule has 0 aliphatic carbocycles. The zero-order valence-electron chi connectivity index (χ0n) is 39.4. The molecule has 0 saturated heterocycles. The molecule has 0 unspecified atom stereocenters. The Labute approximate surface area is 480 Å². The van der Waals surface area contributed by atoms with Gasteiger partial charge in [0, 0.05) is 27.8 Å². The average molecular weight is 1140 g/mol. The second kappa shape index (κ2) is 22.9. The molecule has 33 heteroatoms. The summed E-state index contributed by atoms with van der Waals surface area (Å²) >= 11 is 0. The number of benzene rings is 8. The Kier molecular flexibility index (Phi) is 17.6. The van der Waals surface area contributed by atoms with Crippen LogP contribution in [0.5, 0.6) is 11.5 Å². The molecule has 0 bridgehead atoms. The van der Waals surface area contributed by atoms with Gasteiger partial charge >= 0.3 is 59.1 Å². The van der Waals surface area contributed by atoms with Crippen LogP contribution in [0, 0.1) is 0 Å². The second-order valence-corrected chi connectivity index (χ2v) is 21.2. The minimum Gasteiger partial charge on any atom is -0.744 e. The van der Waals surface area contributed by atoms with Crippen LogP contribution in [0.15, 0.2) is 182 Å². The van der Waals surface area contributed by atoms with Crippen molar-refractivity contribution < 1.29 is 121 Å². The Balaban J connectivity index is 0.00000480. The van der Waals surface area contributed by atoms with Crippen molar-refractivity contribution in [3.63, 3.8) is 0 Å². The first-order valence-corrected chi connectivity index (χ1v) is 26.3. The fraction of sp³-hybridized carbons (Fsp3) is 0. The summed E-state index contributed by atoms with van der Waals surface area (Å²) in [5, 5.41) is 55.9. The van der Waals surface area contributed by atoms with Gasteiger partial charge in [0.15, 0.2) is 11.5 Å². The Hall–Kier alpha value is -7.08. The van der Waals surface area contributed by atoms with Crippen LogP contribution >= 0.6 is 0 Å². The van der Waals surface area contributed by atoms with Crippen LogP contribution in [0.3, 0.4) is 0 Å². The van der Waals surface area contributed by atoms with Gasteiger partial charge in [-0.05, 0) is 126 Å². The molecule has 0 aliphatic rings. The number of hydrogen-bond donors (Lipinski definition) is 9. The van der Waals surface area contributed by atoms with Gasteiger partial charge in [-0.2, -0.15) is 32.2 Å². The molecule has 0 fully saturated rings. The molecule has 13 N–H and O–H groups in total. The topological polar surface area (TPSA) is 479 Å². The van der Waals surface area contributed by atoms with E-state index in [2.05, 4.69) is 46.2 Å². The molecule has 27 nitrogen and oxygen atoms in total. The van der Waals surface area contributed by atoms with Gasteiger partial charge < -0.3 is 47.6 Å². The third-order valence-electron chi connectivity index (χ3n) is 10.5. The maximum atomic E-state index is 12.6. The molecule has 0 radical (unpaired) electrons. The normalized spacial score (nSPS) is 12.5. The minimum atomic E-state index is -5.56. The van der Waals surface area contributed by atoms with E-state index in [4.69, 9.17) is 22.9 Å². The van der Waals surface area contributed by atoms with E-state index < -0.39 is 105 Å². The molecule has 0 heterocycles. The molecular formula is C44H33N13Na2O14S4. The standard InChI is InChI=1S/C44H35N13O14S4.2Na/c45-23-2-10-33(31(47)16-23)53-51-27-4-1-21-13-39(74(66,67)68)41(43(58)29(21)18-27)56-50-26-7-5-25(6-8-26)49-35-12-9-28(19-38(35)73(63,64)65)52-57-42-40(75(69,70)71)15-22-14-37(72(60,61)62)36(20-30(22)44(42)59)55-54-34-11-3-24(46)17-32(34)48;;/h1-20,49,58-59H,45-48H2,(H,60,61,62)(H,63,64,65)(H,66,67,68)(H,69,70,71);;/q;2*+1/p-2. The van der Waals surface area contributed by atoms with Crippen LogP contribution in [0.2, 0.25) is 0 Å². The van der Waals surface area contributed by atoms with Crippen LogP contribution < -0.4 is 87.4 Å². The number of rotatable bonds is 14. The van der Waals surface area contributed by atoms with Gasteiger partial charge in [-0.25, -0.2) is 16.8 Å². The quantitative estimate of drug-likeness (QED) is 0.0326. The van der Waals surface area contributed by atoms with Crippen molar-refractivity contribution in [1.82, 2.24) is 0 Å². The zero-order valence-corrected chi connectivity index (χ0v) is 46.7. The van der Waals surface area contributed by atoms with E-state index in [1.54, 1.807) is 12.1 Å². The number of azo groups is 4. The van der Waals surface area contributed by atoms with Gasteiger partial charge in [0.25, 0.3) is 20.2 Å². The number of nitrogens with one attached hydrogen (secondary N) is 1. The number of fused-ring (bicyclic) bond motifs is 2. The first-order chi connectivity index (χ1) is 35.1. The van der Waals surface area contributed by atoms with Crippen molar-refractivity contribution in [1.29, 1.82) is 0 Å². The first-order valence-electron chi connectivity index (χ1n) is 20.6. The van der Waals surface area contributed by atoms with E-state index in [0.717, 1.165) is 30.3 Å². The number of nitrogens with zero attached hydrogens (tertiary/aromatic N) is 8. The molecule has 0 aliphatic heterocycles. The van der Waals surface area contributed by atoms with Gasteiger partial charge in [0.1, 0.15) is 58.5 Å². The summed E-state index contributed by atoms with van der Waals surface area (Å²) in [5.41, 5.74) is 21.9. The number of nitrogens with two attached hydrogens (primary N) is 4. The zero-order chi connectivity index (χ0) is 54.4. The smallest absolute Gasteiger partial charge is 0.744 e. The maximum absolute atomic E-state index is 12.6. The van der Waals surface area contributed by atoms with Crippen molar-refractivity contribution in [2.45, 2.75) is 19.6 Å². The summed E-state index contributed by atoms with van der Waals surface area (Å²) in [6.45, 7) is 0. The molecule has 0 spiro atoms. The molecule has 384 valence electrons. The van der Waals surface area contributed by atoms with E-state index in [1.807, 2.05) is 0 Å². The molecule has 8 aromatic carbocycles. The van der Waals surface area contributed by atoms with Gasteiger partial charge in [-0.15, -0.1) is 25.6 Å². The van der Waals surface area contributed by atoms with Gasteiger partial charge in [-0.3, -0.25) is 9.11 Å². The third-order valence-corrected chi connectivity index (χ3v) is 14.0. The molecule has 0 amide bonds. The van der Waals surface area contributed by atoms with Crippen molar-refractivity contribution in [2.75, 3.05) is 28.3 Å². The van der Waals surface area contributed by atoms with Gasteiger partial charge in [0.05, 0.1) is 43.9 Å². The summed E-state index contributed by atoms with van der Waals surface area (Å²) in [6, 6.07) is 24.4. The minimum absolute atomic E-state index is 0. The Bertz CT molecular complexity index is 4310. The van der Waals surface area contributed by atoms with Crippen molar-refractivity contribution in [2.24, 2.45) is 40.9 Å². The second-order valence-electron chi connectivity index (χ2n) is 15.7. The van der Waals surface area contributed by atoms with E-state index in [0.29, 0.717) is 23.5 Å².